The van der Waals surface area contributed by atoms with Crippen molar-refractivity contribution in [3.63, 3.8) is 0 Å². The maximum atomic E-state index is 3.92. The van der Waals surface area contributed by atoms with Crippen molar-refractivity contribution in [1.29, 1.82) is 0 Å². The number of benzene rings is 4. The van der Waals surface area contributed by atoms with Gasteiger partial charge in [0, 0.05) is 0 Å². The van der Waals surface area contributed by atoms with Crippen LogP contribution in [0.15, 0.2) is 93.9 Å². The molecule has 2 aliphatic rings. The molecule has 282 valence electrons. The summed E-state index contributed by atoms with van der Waals surface area (Å²) in [5.74, 6) is 0. The van der Waals surface area contributed by atoms with E-state index in [4.69, 9.17) is 0 Å². The first-order valence-electron chi connectivity index (χ1n) is 17.3. The fourth-order valence-corrected chi connectivity index (χ4v) is 6.11. The molecule has 0 aromatic heterocycles. The van der Waals surface area contributed by atoms with Crippen LogP contribution in [0.25, 0.3) is 11.1 Å². The number of allylic oxidation sites excluding steroid dienone is 4. The second-order valence-electron chi connectivity index (χ2n) is 16.6. The van der Waals surface area contributed by atoms with Crippen LogP contribution in [0.2, 0.25) is 0 Å². The topological polar surface area (TPSA) is 0 Å². The molecule has 0 bridgehead atoms. The Morgan fingerprint density at radius 3 is 1.42 bits per heavy atom. The fraction of sp³-hybridized carbons (Fsp3) is 0.383. The zero-order valence-electron chi connectivity index (χ0n) is 33.3. The second-order valence-corrected chi connectivity index (χ2v) is 18.5. The molecule has 0 nitrogen and oxygen atoms in total. The van der Waals surface area contributed by atoms with Gasteiger partial charge in [0.1, 0.15) is 0 Å². The van der Waals surface area contributed by atoms with Gasteiger partial charge in [-0.1, -0.05) is 147 Å². The second kappa shape index (κ2) is 22.3. The van der Waals surface area contributed by atoms with Gasteiger partial charge in [0.2, 0.25) is 0 Å². The van der Waals surface area contributed by atoms with Gasteiger partial charge < -0.3 is 0 Å². The Labute approximate surface area is 362 Å². The Hall–Kier alpha value is -1.35. The Kier molecular flexibility index (Phi) is 21.7. The SMILES string of the molecule is Brc1cc[c-]cc1.Brc1cc[c-]cc1.CC(C)(C)c1cc2c(c(C(C)(C)C)c1)-c1cc(C(C)(C)C)c(C(C)(C)C)[c-]c1C2.Cl.Cl.[C-]1=CC=CC1.[CH2]=[Zr]. The molecular weight excluding hydrogens is 886 g/mol. The third-order valence-corrected chi connectivity index (χ3v) is 9.25. The fourth-order valence-electron chi connectivity index (χ4n) is 5.58. The van der Waals surface area contributed by atoms with Crippen LogP contribution < -0.4 is 0 Å². The van der Waals surface area contributed by atoms with E-state index < -0.39 is 0 Å². The molecule has 0 saturated carbocycles. The molecule has 4 aromatic carbocycles. The van der Waals surface area contributed by atoms with Crippen LogP contribution in [-0.4, -0.2) is 4.21 Å². The molecule has 0 spiro atoms. The van der Waals surface area contributed by atoms with E-state index in [9.17, 15) is 0 Å². The van der Waals surface area contributed by atoms with Gasteiger partial charge in [-0.3, -0.25) is 6.08 Å². The number of halogens is 4. The average molecular weight is 945 g/mol. The molecular formula is C47H58Br2Cl2Zr-4. The molecule has 5 heteroatoms. The van der Waals surface area contributed by atoms with Gasteiger partial charge in [-0.2, -0.15) is 84.4 Å². The molecule has 0 aliphatic heterocycles. The monoisotopic (exact) mass is 940 g/mol. The first kappa shape index (κ1) is 50.7. The molecule has 6 rings (SSSR count). The van der Waals surface area contributed by atoms with Crippen molar-refractivity contribution >= 4 is 60.9 Å². The van der Waals surface area contributed by atoms with Crippen molar-refractivity contribution < 1.29 is 24.2 Å². The van der Waals surface area contributed by atoms with Crippen molar-refractivity contribution in [3.8, 4) is 11.1 Å². The van der Waals surface area contributed by atoms with E-state index in [1.165, 1.54) is 68.7 Å². The van der Waals surface area contributed by atoms with Crippen molar-refractivity contribution in [2.24, 2.45) is 0 Å². The molecule has 4 aromatic rings. The van der Waals surface area contributed by atoms with Gasteiger partial charge in [0.25, 0.3) is 0 Å². The van der Waals surface area contributed by atoms with E-state index in [1.54, 1.807) is 0 Å². The van der Waals surface area contributed by atoms with E-state index >= 15 is 0 Å². The number of hydrogen-bond acceptors (Lipinski definition) is 0. The van der Waals surface area contributed by atoms with Gasteiger partial charge in [0.05, 0.1) is 0 Å². The number of rotatable bonds is 0. The van der Waals surface area contributed by atoms with Crippen LogP contribution in [0.4, 0.5) is 0 Å². The molecule has 0 atom stereocenters. The van der Waals surface area contributed by atoms with E-state index in [0.29, 0.717) is 0 Å². The normalized spacial score (nSPS) is 12.3. The quantitative estimate of drug-likeness (QED) is 0.136. The molecule has 0 fully saturated rings. The summed E-state index contributed by atoms with van der Waals surface area (Å²) in [5.41, 5.74) is 12.0. The molecule has 0 saturated heterocycles. The summed E-state index contributed by atoms with van der Waals surface area (Å²) < 4.78 is 5.55. The van der Waals surface area contributed by atoms with Crippen molar-refractivity contribution in [2.75, 3.05) is 0 Å². The zero-order valence-corrected chi connectivity index (χ0v) is 40.5. The maximum absolute atomic E-state index is 3.92. The standard InChI is InChI=1S/C29H41.2C6H4Br.C5H5.CH2.2ClH.Zr/c1-26(2,3)20-14-19-13-18-15-22(27(4,5)6)23(28(7,8)9)17-21(18)25(19)24(16-20)29(10,11)12;2*7-6-4-2-1-3-5-6;1-2-4-5-3-1;;;;/h14,16-17H,13H2,1-12H3;2*2-5H;1-3H,4H2;1H2;2*1H;/q4*-1;;;;. The molecule has 0 unspecified atom stereocenters. The third kappa shape index (κ3) is 15.8. The van der Waals surface area contributed by atoms with Crippen molar-refractivity contribution in [1.82, 2.24) is 0 Å². The van der Waals surface area contributed by atoms with Gasteiger partial charge >= 0.3 is 28.4 Å². The average Bonchev–Trinajstić information content (AvgIpc) is 3.73. The molecule has 0 radical (unpaired) electrons. The Balaban J connectivity index is 0.000000911. The number of hydrogen-bond donors (Lipinski definition) is 0. The third-order valence-electron chi connectivity index (χ3n) is 8.19. The Bertz CT molecular complexity index is 1670. The van der Waals surface area contributed by atoms with Gasteiger partial charge in [-0.05, 0) is 39.4 Å². The van der Waals surface area contributed by atoms with Gasteiger partial charge in [-0.15, -0.1) is 47.9 Å². The minimum absolute atomic E-state index is 0. The van der Waals surface area contributed by atoms with E-state index in [-0.39, 0.29) is 46.5 Å². The van der Waals surface area contributed by atoms with Gasteiger partial charge in [-0.25, -0.2) is 12.2 Å². The van der Waals surface area contributed by atoms with Crippen LogP contribution in [0, 0.1) is 24.3 Å². The summed E-state index contributed by atoms with van der Waals surface area (Å²) >= 11 is 7.88. The van der Waals surface area contributed by atoms with Crippen molar-refractivity contribution in [2.45, 2.75) is 118 Å². The van der Waals surface area contributed by atoms with Crippen LogP contribution >= 0.6 is 56.7 Å². The number of fused-ring (bicyclic) bond motifs is 3. The molecule has 2 aliphatic carbocycles. The zero-order chi connectivity index (χ0) is 37.9. The first-order chi connectivity index (χ1) is 23.2. The summed E-state index contributed by atoms with van der Waals surface area (Å²) in [5, 5.41) is 0. The molecule has 52 heavy (non-hydrogen) atoms. The molecule has 0 N–H and O–H groups in total. The Morgan fingerprint density at radius 2 is 1.12 bits per heavy atom. The van der Waals surface area contributed by atoms with Gasteiger partial charge in [0.15, 0.2) is 0 Å². The van der Waals surface area contributed by atoms with Crippen LogP contribution in [0.3, 0.4) is 0 Å². The predicted octanol–water partition coefficient (Wildman–Crippen LogP) is 14.9. The molecule has 0 amide bonds. The van der Waals surface area contributed by atoms with E-state index in [2.05, 4.69) is 168 Å². The Morgan fingerprint density at radius 1 is 0.635 bits per heavy atom. The summed E-state index contributed by atoms with van der Waals surface area (Å²) in [6.07, 6.45) is 11.0. The van der Waals surface area contributed by atoms with Crippen LogP contribution in [0.5, 0.6) is 0 Å². The summed E-state index contributed by atoms with van der Waals surface area (Å²) in [4.78, 5) is 0. The van der Waals surface area contributed by atoms with E-state index in [1.807, 2.05) is 60.7 Å². The summed E-state index contributed by atoms with van der Waals surface area (Å²) in [6, 6.07) is 32.4. The first-order valence-corrected chi connectivity index (χ1v) is 20.6. The molecule has 0 heterocycles. The summed E-state index contributed by atoms with van der Waals surface area (Å²) in [6.45, 7) is 28.0. The minimum atomic E-state index is 0. The predicted molar refractivity (Wildman–Crippen MR) is 237 cm³/mol. The van der Waals surface area contributed by atoms with Crippen LogP contribution in [0.1, 0.15) is 123 Å². The van der Waals surface area contributed by atoms with E-state index in [0.717, 1.165) is 21.8 Å². The summed E-state index contributed by atoms with van der Waals surface area (Å²) in [7, 11) is 0. The van der Waals surface area contributed by atoms with Crippen LogP contribution in [-0.2, 0) is 52.3 Å². The van der Waals surface area contributed by atoms with Crippen molar-refractivity contribution in [3.05, 3.63) is 152 Å².